The monoisotopic (exact) mass is 835 g/mol. The van der Waals surface area contributed by atoms with Crippen LogP contribution in [0.1, 0.15) is 252 Å². The average Bonchev–Trinajstić information content (AvgIpc) is 3.24. The van der Waals surface area contributed by atoms with Crippen LogP contribution >= 0.6 is 0 Å². The van der Waals surface area contributed by atoms with Gasteiger partial charge in [0.1, 0.15) is 0 Å². The molecule has 0 aromatic heterocycles. The summed E-state index contributed by atoms with van der Waals surface area (Å²) in [6.45, 7) is 20.0. The highest BCUT2D eigenvalue weighted by atomic mass is 16.7. The minimum atomic E-state index is -0.0295. The maximum absolute atomic E-state index is 12.6. The third-order valence-electron chi connectivity index (χ3n) is 12.4. The summed E-state index contributed by atoms with van der Waals surface area (Å²) in [6, 6.07) is 0. The summed E-state index contributed by atoms with van der Waals surface area (Å²) < 4.78 is 0. The first-order valence-electron chi connectivity index (χ1n) is 26.4. The molecule has 0 N–H and O–H groups in total. The van der Waals surface area contributed by atoms with Crippen LogP contribution < -0.4 is 0 Å². The highest BCUT2D eigenvalue weighted by Crippen LogP contribution is 2.15. The van der Waals surface area contributed by atoms with E-state index >= 15 is 0 Å². The van der Waals surface area contributed by atoms with E-state index in [0.717, 1.165) is 77.5 Å². The van der Waals surface area contributed by atoms with Gasteiger partial charge in [-0.05, 0) is 90.4 Å². The molecule has 1 aliphatic heterocycles. The number of rotatable bonds is 45. The van der Waals surface area contributed by atoms with Gasteiger partial charge in [-0.1, -0.05) is 175 Å². The van der Waals surface area contributed by atoms with E-state index in [1.54, 1.807) is 0 Å². The molecular formula is C51H102N4O4. The summed E-state index contributed by atoms with van der Waals surface area (Å²) in [5.74, 6) is -0.0591. The summed E-state index contributed by atoms with van der Waals surface area (Å²) in [5, 5.41) is 3.93. The molecule has 0 atom stereocenters. The lowest BCUT2D eigenvalue weighted by atomic mass is 10.1. The van der Waals surface area contributed by atoms with Crippen LogP contribution in [0.5, 0.6) is 0 Å². The third kappa shape index (κ3) is 37.1. The Hall–Kier alpha value is -1.22. The minimum absolute atomic E-state index is 0.0295. The first-order valence-corrected chi connectivity index (χ1v) is 26.4. The minimum Gasteiger partial charge on any atom is -0.368 e. The number of hydrogen-bond acceptors (Lipinski definition) is 8. The number of likely N-dealkylation sites (tertiary alicyclic amines) is 1. The smallest absolute Gasteiger partial charge is 0.325 e. The predicted molar refractivity (Wildman–Crippen MR) is 253 cm³/mol. The summed E-state index contributed by atoms with van der Waals surface area (Å²) in [4.78, 5) is 42.4. The lowest BCUT2D eigenvalue weighted by molar-refractivity contribution is -0.192. The van der Waals surface area contributed by atoms with Crippen molar-refractivity contribution in [2.75, 3.05) is 65.4 Å². The quantitative estimate of drug-likeness (QED) is 0.0444. The molecule has 0 spiro atoms. The van der Waals surface area contributed by atoms with E-state index in [9.17, 15) is 9.59 Å². The van der Waals surface area contributed by atoms with Crippen molar-refractivity contribution in [1.82, 2.24) is 19.9 Å². The molecule has 59 heavy (non-hydrogen) atoms. The van der Waals surface area contributed by atoms with E-state index in [-0.39, 0.29) is 11.9 Å². The Balaban J connectivity index is 2.23. The Bertz CT molecular complexity index is 817. The first kappa shape index (κ1) is 55.8. The molecule has 0 unspecified atom stereocenters. The number of unbranched alkanes of at least 4 members (excludes halogenated alkanes) is 24. The van der Waals surface area contributed by atoms with Crippen molar-refractivity contribution >= 4 is 11.9 Å². The predicted octanol–water partition coefficient (Wildman–Crippen LogP) is 13.9. The fourth-order valence-corrected chi connectivity index (χ4v) is 8.42. The van der Waals surface area contributed by atoms with Gasteiger partial charge in [-0.2, -0.15) is 0 Å². The molecule has 1 saturated heterocycles. The van der Waals surface area contributed by atoms with E-state index in [1.807, 2.05) is 10.1 Å². The fourth-order valence-electron chi connectivity index (χ4n) is 8.42. The molecule has 1 heterocycles. The molecule has 8 nitrogen and oxygen atoms in total. The Kier molecular flexibility index (Phi) is 41.1. The molecule has 0 aromatic carbocycles. The second kappa shape index (κ2) is 43.4. The van der Waals surface area contributed by atoms with Gasteiger partial charge < -0.3 is 19.5 Å². The van der Waals surface area contributed by atoms with Gasteiger partial charge >= 0.3 is 11.9 Å². The van der Waals surface area contributed by atoms with Gasteiger partial charge in [0, 0.05) is 52.1 Å². The molecular weight excluding hydrogens is 733 g/mol. The van der Waals surface area contributed by atoms with Crippen LogP contribution in [-0.2, 0) is 19.3 Å². The number of nitrogens with zero attached hydrogens (tertiary/aromatic N) is 4. The van der Waals surface area contributed by atoms with Crippen LogP contribution in [-0.4, -0.2) is 97.3 Å². The number of hydroxylamine groups is 4. The highest BCUT2D eigenvalue weighted by molar-refractivity contribution is 5.69. The SMILES string of the molecule is CCCCCCN(CCCCCC)OC(=O)CCCCCCCCCN(CCCCCCCCCC(=O)ON(CCCCCC)CCCCCC)CCN1CCCCC1. The van der Waals surface area contributed by atoms with Gasteiger partial charge in [0.05, 0.1) is 0 Å². The van der Waals surface area contributed by atoms with Crippen LogP contribution in [0.3, 0.4) is 0 Å². The van der Waals surface area contributed by atoms with Crippen molar-refractivity contribution in [2.24, 2.45) is 0 Å². The standard InChI is InChI=1S/C51H102N4O4/c1-5-9-13-34-44-54(45-35-14-10-6-2)58-50(56)38-28-23-19-17-21-25-30-40-52(48-49-53-42-32-27-33-43-53)41-31-26-22-18-20-24-29-39-51(57)59-55(46-36-15-11-7-3)47-37-16-12-8-4/h5-49H2,1-4H3. The Morgan fingerprint density at radius 2 is 0.678 bits per heavy atom. The van der Waals surface area contributed by atoms with Crippen LogP contribution in [0.25, 0.3) is 0 Å². The first-order chi connectivity index (χ1) is 29.0. The Morgan fingerprint density at radius 3 is 1.03 bits per heavy atom. The zero-order valence-electron chi connectivity index (χ0n) is 40.2. The molecule has 1 aliphatic rings. The second-order valence-corrected chi connectivity index (χ2v) is 18.2. The zero-order valence-corrected chi connectivity index (χ0v) is 40.2. The van der Waals surface area contributed by atoms with E-state index in [1.165, 1.54) is 200 Å². The highest BCUT2D eigenvalue weighted by Gasteiger charge is 2.15. The molecule has 0 saturated carbocycles. The van der Waals surface area contributed by atoms with Crippen LogP contribution in [0, 0.1) is 0 Å². The van der Waals surface area contributed by atoms with Gasteiger partial charge in [0.2, 0.25) is 0 Å². The molecule has 0 aliphatic carbocycles. The molecule has 1 fully saturated rings. The lowest BCUT2D eigenvalue weighted by Gasteiger charge is -2.30. The normalized spacial score (nSPS) is 13.6. The van der Waals surface area contributed by atoms with Gasteiger partial charge in [0.15, 0.2) is 0 Å². The molecule has 0 bridgehead atoms. The van der Waals surface area contributed by atoms with Crippen molar-refractivity contribution in [2.45, 2.75) is 252 Å². The van der Waals surface area contributed by atoms with Crippen LogP contribution in [0.15, 0.2) is 0 Å². The maximum Gasteiger partial charge on any atom is 0.325 e. The van der Waals surface area contributed by atoms with Gasteiger partial charge in [0.25, 0.3) is 0 Å². The summed E-state index contributed by atoms with van der Waals surface area (Å²) in [6.07, 6.45) is 41.6. The van der Waals surface area contributed by atoms with Crippen molar-refractivity contribution in [3.8, 4) is 0 Å². The van der Waals surface area contributed by atoms with Crippen molar-refractivity contribution in [3.05, 3.63) is 0 Å². The summed E-state index contributed by atoms with van der Waals surface area (Å²) >= 11 is 0. The van der Waals surface area contributed by atoms with E-state index < -0.39 is 0 Å². The largest absolute Gasteiger partial charge is 0.368 e. The number of carbonyl (C=O) groups excluding carboxylic acids is 2. The molecule has 350 valence electrons. The Morgan fingerprint density at radius 1 is 0.373 bits per heavy atom. The van der Waals surface area contributed by atoms with E-state index in [2.05, 4.69) is 37.5 Å². The van der Waals surface area contributed by atoms with Crippen LogP contribution in [0.4, 0.5) is 0 Å². The average molecular weight is 835 g/mol. The van der Waals surface area contributed by atoms with Crippen molar-refractivity contribution in [3.63, 3.8) is 0 Å². The second-order valence-electron chi connectivity index (χ2n) is 18.2. The number of hydrogen-bond donors (Lipinski definition) is 0. The van der Waals surface area contributed by atoms with Gasteiger partial charge in [-0.25, -0.2) is 0 Å². The fraction of sp³-hybridized carbons (Fsp3) is 0.961. The topological polar surface area (TPSA) is 65.6 Å². The summed E-state index contributed by atoms with van der Waals surface area (Å²) in [7, 11) is 0. The molecule has 0 radical (unpaired) electrons. The number of carbonyl (C=O) groups is 2. The van der Waals surface area contributed by atoms with Gasteiger partial charge in [-0.3, -0.25) is 9.59 Å². The summed E-state index contributed by atoms with van der Waals surface area (Å²) in [5.41, 5.74) is 0. The van der Waals surface area contributed by atoms with E-state index in [4.69, 9.17) is 9.68 Å². The molecule has 0 aromatic rings. The van der Waals surface area contributed by atoms with Crippen molar-refractivity contribution < 1.29 is 19.3 Å². The zero-order chi connectivity index (χ0) is 42.7. The maximum atomic E-state index is 12.6. The molecule has 1 rings (SSSR count). The Labute approximate surface area is 367 Å². The lowest BCUT2D eigenvalue weighted by Crippen LogP contribution is -2.38. The van der Waals surface area contributed by atoms with E-state index in [0.29, 0.717) is 12.8 Å². The van der Waals surface area contributed by atoms with Crippen molar-refractivity contribution in [1.29, 1.82) is 0 Å². The van der Waals surface area contributed by atoms with Crippen LogP contribution in [0.2, 0.25) is 0 Å². The molecule has 8 heteroatoms. The number of piperidine rings is 1. The van der Waals surface area contributed by atoms with Gasteiger partial charge in [-0.15, -0.1) is 10.1 Å². The molecule has 0 amide bonds. The third-order valence-corrected chi connectivity index (χ3v) is 12.4.